The molecule has 2 aromatic carbocycles. The Morgan fingerprint density at radius 3 is 2.50 bits per heavy atom. The maximum absolute atomic E-state index is 12.7. The van der Waals surface area contributed by atoms with Crippen LogP contribution in [0.4, 0.5) is 0 Å². The van der Waals surface area contributed by atoms with Crippen LogP contribution in [-0.4, -0.2) is 25.8 Å². The van der Waals surface area contributed by atoms with E-state index >= 15 is 0 Å². The van der Waals surface area contributed by atoms with Crippen LogP contribution in [0.2, 0.25) is 0 Å². The van der Waals surface area contributed by atoms with Crippen molar-refractivity contribution in [3.8, 4) is 0 Å². The molecule has 0 aliphatic rings. The van der Waals surface area contributed by atoms with Crippen molar-refractivity contribution >= 4 is 27.8 Å². The van der Waals surface area contributed by atoms with Gasteiger partial charge in [-0.1, -0.05) is 38.1 Å². The molecule has 0 saturated carbocycles. The van der Waals surface area contributed by atoms with E-state index in [2.05, 4.69) is 39.1 Å². The number of carbonyl (C=O) groups is 1. The van der Waals surface area contributed by atoms with Gasteiger partial charge in [-0.3, -0.25) is 9.59 Å². The summed E-state index contributed by atoms with van der Waals surface area (Å²) in [5, 5.41) is 3.64. The average molecular weight is 403 g/mol. The Bertz CT molecular complexity index is 1210. The van der Waals surface area contributed by atoms with E-state index < -0.39 is 0 Å². The lowest BCUT2D eigenvalue weighted by atomic mass is 10.0. The summed E-state index contributed by atoms with van der Waals surface area (Å²) in [4.78, 5) is 40.1. The van der Waals surface area contributed by atoms with Crippen LogP contribution >= 0.6 is 0 Å². The molecular formula is C23H25N5O2. The highest BCUT2D eigenvalue weighted by Crippen LogP contribution is 2.22. The highest BCUT2D eigenvalue weighted by Gasteiger charge is 2.20. The van der Waals surface area contributed by atoms with Crippen molar-refractivity contribution in [3.05, 3.63) is 70.5 Å². The lowest BCUT2D eigenvalue weighted by Gasteiger charge is -2.18. The van der Waals surface area contributed by atoms with Gasteiger partial charge in [-0.25, -0.2) is 9.97 Å². The summed E-state index contributed by atoms with van der Waals surface area (Å²) < 4.78 is 0. The van der Waals surface area contributed by atoms with Crippen LogP contribution in [0.25, 0.3) is 21.9 Å². The number of carbonyl (C=O) groups excluding carboxylic acids is 1. The molecule has 0 aliphatic carbocycles. The van der Waals surface area contributed by atoms with E-state index in [9.17, 15) is 9.59 Å². The normalized spacial score (nSPS) is 12.5. The molecule has 0 fully saturated rings. The quantitative estimate of drug-likeness (QED) is 0.438. The smallest absolute Gasteiger partial charge is 0.258 e. The number of para-hydroxylation sites is 3. The molecule has 30 heavy (non-hydrogen) atoms. The summed E-state index contributed by atoms with van der Waals surface area (Å²) in [5.41, 5.74) is 2.29. The molecule has 2 aromatic heterocycles. The van der Waals surface area contributed by atoms with Crippen molar-refractivity contribution in [3.63, 3.8) is 0 Å². The number of amides is 1. The topological polar surface area (TPSA) is 104 Å². The molecule has 3 N–H and O–H groups in total. The Labute approximate surface area is 174 Å². The van der Waals surface area contributed by atoms with Gasteiger partial charge in [-0.2, -0.15) is 0 Å². The molecule has 7 heteroatoms. The molecule has 1 amide bonds. The van der Waals surface area contributed by atoms with Gasteiger partial charge in [0.1, 0.15) is 11.6 Å². The number of H-pyrrole nitrogens is 2. The minimum atomic E-state index is -0.200. The molecule has 0 spiro atoms. The van der Waals surface area contributed by atoms with Crippen LogP contribution in [0.3, 0.4) is 0 Å². The van der Waals surface area contributed by atoms with Crippen LogP contribution in [0.15, 0.2) is 53.3 Å². The molecule has 0 unspecified atom stereocenters. The first-order valence-electron chi connectivity index (χ1n) is 10.2. The fraction of sp³-hybridized carbons (Fsp3) is 0.304. The molecule has 2 heterocycles. The van der Waals surface area contributed by atoms with Gasteiger partial charge >= 0.3 is 0 Å². The number of aryl methyl sites for hydroxylation is 1. The Morgan fingerprint density at radius 1 is 1.00 bits per heavy atom. The first-order valence-corrected chi connectivity index (χ1v) is 10.2. The van der Waals surface area contributed by atoms with Gasteiger partial charge in [0.25, 0.3) is 5.56 Å². The Kier molecular flexibility index (Phi) is 5.61. The summed E-state index contributed by atoms with van der Waals surface area (Å²) >= 11 is 0. The number of imidazole rings is 1. The largest absolute Gasteiger partial charge is 0.346 e. The summed E-state index contributed by atoms with van der Waals surface area (Å²) in [6.45, 7) is 4.23. The second-order valence-electron chi connectivity index (χ2n) is 7.92. The van der Waals surface area contributed by atoms with E-state index in [1.165, 1.54) is 0 Å². The fourth-order valence-electron chi connectivity index (χ4n) is 3.60. The van der Waals surface area contributed by atoms with Crippen molar-refractivity contribution in [2.24, 2.45) is 5.92 Å². The maximum Gasteiger partial charge on any atom is 0.258 e. The Morgan fingerprint density at radius 2 is 1.73 bits per heavy atom. The number of aromatic nitrogens is 4. The molecule has 0 radical (unpaired) electrons. The van der Waals surface area contributed by atoms with E-state index in [0.29, 0.717) is 29.1 Å². The standard InChI is InChI=1S/C23H25N5O2/c1-14(2)13-19(22-26-17-9-5-6-10-18(17)27-22)25-21(29)12-11-20-24-16-8-4-3-7-15(16)23(30)28-20/h3-10,14,19H,11-13H2,1-2H3,(H,25,29)(H,26,27)(H,24,28,30)/t19-/m0/s1. The highest BCUT2D eigenvalue weighted by molar-refractivity contribution is 5.78. The summed E-state index contributed by atoms with van der Waals surface area (Å²) in [5.74, 6) is 1.56. The minimum absolute atomic E-state index is 0.100. The van der Waals surface area contributed by atoms with Gasteiger partial charge in [0.15, 0.2) is 0 Å². The lowest BCUT2D eigenvalue weighted by Crippen LogP contribution is -2.30. The van der Waals surface area contributed by atoms with Gasteiger partial charge < -0.3 is 15.3 Å². The molecule has 4 aromatic rings. The molecule has 7 nitrogen and oxygen atoms in total. The SMILES string of the molecule is CC(C)C[C@H](NC(=O)CCc1nc2ccccc2c(=O)[nH]1)c1nc2ccccc2[nH]1. The van der Waals surface area contributed by atoms with Crippen molar-refractivity contribution < 1.29 is 4.79 Å². The third kappa shape index (κ3) is 4.40. The Hall–Kier alpha value is -3.48. The number of fused-ring (bicyclic) bond motifs is 2. The molecular weight excluding hydrogens is 378 g/mol. The van der Waals surface area contributed by atoms with E-state index in [1.807, 2.05) is 30.3 Å². The second kappa shape index (κ2) is 8.49. The monoisotopic (exact) mass is 403 g/mol. The molecule has 4 rings (SSSR count). The van der Waals surface area contributed by atoms with Crippen molar-refractivity contribution in [2.45, 2.75) is 39.2 Å². The minimum Gasteiger partial charge on any atom is -0.346 e. The van der Waals surface area contributed by atoms with Crippen LogP contribution < -0.4 is 10.9 Å². The second-order valence-corrected chi connectivity index (χ2v) is 7.92. The number of hydrogen-bond acceptors (Lipinski definition) is 4. The zero-order valence-corrected chi connectivity index (χ0v) is 17.1. The van der Waals surface area contributed by atoms with Crippen molar-refractivity contribution in [1.82, 2.24) is 25.3 Å². The number of nitrogens with one attached hydrogen (secondary N) is 3. The number of hydrogen-bond donors (Lipinski definition) is 3. The molecule has 0 aliphatic heterocycles. The molecule has 1 atom stereocenters. The predicted octanol–water partition coefficient (Wildman–Crippen LogP) is 3.64. The summed E-state index contributed by atoms with van der Waals surface area (Å²) in [6.07, 6.45) is 1.37. The van der Waals surface area contributed by atoms with Crippen LogP contribution in [0.5, 0.6) is 0 Å². The summed E-state index contributed by atoms with van der Waals surface area (Å²) in [7, 11) is 0. The zero-order valence-electron chi connectivity index (χ0n) is 17.1. The van der Waals surface area contributed by atoms with Crippen LogP contribution in [-0.2, 0) is 11.2 Å². The van der Waals surface area contributed by atoms with Gasteiger partial charge in [-0.05, 0) is 36.6 Å². The van der Waals surface area contributed by atoms with Crippen LogP contribution in [0.1, 0.15) is 44.4 Å². The maximum atomic E-state index is 12.7. The van der Waals surface area contributed by atoms with E-state index in [4.69, 9.17) is 0 Å². The highest BCUT2D eigenvalue weighted by atomic mass is 16.1. The first-order chi connectivity index (χ1) is 14.5. The number of aromatic amines is 2. The average Bonchev–Trinajstić information content (AvgIpc) is 3.16. The van der Waals surface area contributed by atoms with Crippen molar-refractivity contribution in [2.75, 3.05) is 0 Å². The third-order valence-electron chi connectivity index (χ3n) is 5.03. The molecule has 154 valence electrons. The number of rotatable bonds is 7. The number of nitrogens with zero attached hydrogens (tertiary/aromatic N) is 2. The predicted molar refractivity (Wildman–Crippen MR) is 117 cm³/mol. The number of benzene rings is 2. The van der Waals surface area contributed by atoms with E-state index in [0.717, 1.165) is 23.3 Å². The first kappa shape index (κ1) is 19.8. The zero-order chi connectivity index (χ0) is 21.1. The van der Waals surface area contributed by atoms with E-state index in [-0.39, 0.29) is 23.9 Å². The molecule has 0 bridgehead atoms. The van der Waals surface area contributed by atoms with Crippen molar-refractivity contribution in [1.29, 1.82) is 0 Å². The van der Waals surface area contributed by atoms with Crippen LogP contribution in [0, 0.1) is 5.92 Å². The third-order valence-corrected chi connectivity index (χ3v) is 5.03. The fourth-order valence-corrected chi connectivity index (χ4v) is 3.60. The van der Waals surface area contributed by atoms with E-state index in [1.54, 1.807) is 18.2 Å². The Balaban J connectivity index is 1.47. The summed E-state index contributed by atoms with van der Waals surface area (Å²) in [6, 6.07) is 14.8. The van der Waals surface area contributed by atoms with Gasteiger partial charge in [0.05, 0.1) is 28.0 Å². The lowest BCUT2D eigenvalue weighted by molar-refractivity contribution is -0.122. The van der Waals surface area contributed by atoms with Gasteiger partial charge in [0.2, 0.25) is 5.91 Å². The van der Waals surface area contributed by atoms with Gasteiger partial charge in [0, 0.05) is 12.8 Å². The van der Waals surface area contributed by atoms with Gasteiger partial charge in [-0.15, -0.1) is 0 Å². The molecule has 0 saturated heterocycles.